The zero-order valence-corrected chi connectivity index (χ0v) is 12.9. The van der Waals surface area contributed by atoms with Crippen LogP contribution in [0, 0.1) is 5.92 Å². The van der Waals surface area contributed by atoms with Gasteiger partial charge in [-0.1, -0.05) is 66.5 Å². The Hall–Kier alpha value is -1.02. The summed E-state index contributed by atoms with van der Waals surface area (Å²) in [6, 6.07) is 15.6. The van der Waals surface area contributed by atoms with E-state index in [9.17, 15) is 5.11 Å². The molecule has 0 saturated carbocycles. The van der Waals surface area contributed by atoms with Gasteiger partial charge in [-0.2, -0.15) is 0 Å². The van der Waals surface area contributed by atoms with Gasteiger partial charge in [0, 0.05) is 0 Å². The summed E-state index contributed by atoms with van der Waals surface area (Å²) in [4.78, 5) is 0. The average molecular weight is 309 g/mol. The van der Waals surface area contributed by atoms with Crippen LogP contribution in [0.2, 0.25) is 10.0 Å². The molecule has 2 unspecified atom stereocenters. The highest BCUT2D eigenvalue weighted by Gasteiger charge is 2.17. The SMILES string of the molecule is CC(CCc1ccccc1)C(O)c1ccc(Cl)c(Cl)c1. The molecule has 0 fully saturated rings. The highest BCUT2D eigenvalue weighted by Crippen LogP contribution is 2.30. The Balaban J connectivity index is 1.97. The molecule has 0 aliphatic carbocycles. The van der Waals surface area contributed by atoms with Gasteiger partial charge in [-0.25, -0.2) is 0 Å². The molecule has 3 heteroatoms. The van der Waals surface area contributed by atoms with E-state index in [0.717, 1.165) is 18.4 Å². The van der Waals surface area contributed by atoms with Crippen molar-refractivity contribution in [2.24, 2.45) is 5.92 Å². The lowest BCUT2D eigenvalue weighted by molar-refractivity contribution is 0.113. The average Bonchev–Trinajstić information content (AvgIpc) is 2.48. The van der Waals surface area contributed by atoms with Gasteiger partial charge in [0.25, 0.3) is 0 Å². The number of aryl methyl sites for hydroxylation is 1. The first-order valence-electron chi connectivity index (χ1n) is 6.75. The lowest BCUT2D eigenvalue weighted by atomic mass is 9.92. The maximum atomic E-state index is 10.4. The van der Waals surface area contributed by atoms with Crippen LogP contribution in [0.15, 0.2) is 48.5 Å². The van der Waals surface area contributed by atoms with E-state index in [-0.39, 0.29) is 5.92 Å². The van der Waals surface area contributed by atoms with Crippen molar-refractivity contribution >= 4 is 23.2 Å². The van der Waals surface area contributed by atoms with Gasteiger partial charge in [-0.05, 0) is 42.0 Å². The molecule has 0 aliphatic rings. The smallest absolute Gasteiger partial charge is 0.0816 e. The standard InChI is InChI=1S/C17H18Cl2O/c1-12(7-8-13-5-3-2-4-6-13)17(20)14-9-10-15(18)16(19)11-14/h2-6,9-12,17,20H,7-8H2,1H3. The van der Waals surface area contributed by atoms with E-state index in [1.165, 1.54) is 5.56 Å². The lowest BCUT2D eigenvalue weighted by Gasteiger charge is -2.19. The summed E-state index contributed by atoms with van der Waals surface area (Å²) in [5.74, 6) is 0.160. The van der Waals surface area contributed by atoms with Crippen molar-refractivity contribution in [3.8, 4) is 0 Å². The number of hydrogen-bond acceptors (Lipinski definition) is 1. The minimum absolute atomic E-state index is 0.160. The van der Waals surface area contributed by atoms with Crippen LogP contribution >= 0.6 is 23.2 Å². The minimum atomic E-state index is -0.520. The molecule has 2 aromatic rings. The fraction of sp³-hybridized carbons (Fsp3) is 0.294. The molecule has 2 rings (SSSR count). The molecule has 2 aromatic carbocycles. The van der Waals surface area contributed by atoms with Gasteiger partial charge in [-0.15, -0.1) is 0 Å². The molecule has 1 N–H and O–H groups in total. The Bertz CT molecular complexity index is 554. The third kappa shape index (κ3) is 3.99. The predicted octanol–water partition coefficient (Wildman–Crippen LogP) is 5.30. The summed E-state index contributed by atoms with van der Waals surface area (Å²) >= 11 is 11.9. The van der Waals surface area contributed by atoms with Crippen LogP contribution in [-0.4, -0.2) is 5.11 Å². The maximum absolute atomic E-state index is 10.4. The molecule has 1 nitrogen and oxygen atoms in total. The van der Waals surface area contributed by atoms with Gasteiger partial charge in [-0.3, -0.25) is 0 Å². The lowest BCUT2D eigenvalue weighted by Crippen LogP contribution is -2.10. The first-order valence-corrected chi connectivity index (χ1v) is 7.50. The largest absolute Gasteiger partial charge is 0.388 e. The summed E-state index contributed by atoms with van der Waals surface area (Å²) in [5.41, 5.74) is 2.11. The highest BCUT2D eigenvalue weighted by atomic mass is 35.5. The van der Waals surface area contributed by atoms with E-state index >= 15 is 0 Å². The summed E-state index contributed by atoms with van der Waals surface area (Å²) < 4.78 is 0. The minimum Gasteiger partial charge on any atom is -0.388 e. The van der Waals surface area contributed by atoms with Crippen molar-refractivity contribution in [2.45, 2.75) is 25.9 Å². The number of hydrogen-bond donors (Lipinski definition) is 1. The molecule has 0 heterocycles. The third-order valence-electron chi connectivity index (χ3n) is 3.56. The van der Waals surface area contributed by atoms with Crippen molar-refractivity contribution in [3.63, 3.8) is 0 Å². The van der Waals surface area contributed by atoms with E-state index in [2.05, 4.69) is 19.1 Å². The molecule has 0 radical (unpaired) electrons. The zero-order chi connectivity index (χ0) is 14.5. The first-order chi connectivity index (χ1) is 9.58. The second-order valence-electron chi connectivity index (χ2n) is 5.12. The maximum Gasteiger partial charge on any atom is 0.0816 e. The van der Waals surface area contributed by atoms with Crippen molar-refractivity contribution in [3.05, 3.63) is 69.7 Å². The highest BCUT2D eigenvalue weighted by molar-refractivity contribution is 6.42. The van der Waals surface area contributed by atoms with Gasteiger partial charge < -0.3 is 5.11 Å². The number of benzene rings is 2. The quantitative estimate of drug-likeness (QED) is 0.795. The fourth-order valence-electron chi connectivity index (χ4n) is 2.22. The monoisotopic (exact) mass is 308 g/mol. The molecule has 20 heavy (non-hydrogen) atoms. The van der Waals surface area contributed by atoms with Crippen molar-refractivity contribution in [2.75, 3.05) is 0 Å². The van der Waals surface area contributed by atoms with E-state index < -0.39 is 6.10 Å². The van der Waals surface area contributed by atoms with E-state index in [4.69, 9.17) is 23.2 Å². The normalized spacial score (nSPS) is 14.0. The number of aliphatic hydroxyl groups is 1. The van der Waals surface area contributed by atoms with Gasteiger partial charge in [0.1, 0.15) is 0 Å². The van der Waals surface area contributed by atoms with Gasteiger partial charge in [0.2, 0.25) is 0 Å². The van der Waals surface area contributed by atoms with E-state index in [1.807, 2.05) is 24.3 Å². The molecule has 0 bridgehead atoms. The van der Waals surface area contributed by atoms with Gasteiger partial charge in [0.15, 0.2) is 0 Å². The molecule has 0 aromatic heterocycles. The second-order valence-corrected chi connectivity index (χ2v) is 5.93. The molecular formula is C17H18Cl2O. The van der Waals surface area contributed by atoms with Gasteiger partial charge in [0.05, 0.1) is 16.1 Å². The van der Waals surface area contributed by atoms with Crippen LogP contribution in [0.25, 0.3) is 0 Å². The Morgan fingerprint density at radius 3 is 2.35 bits per heavy atom. The van der Waals surface area contributed by atoms with Gasteiger partial charge >= 0.3 is 0 Å². The molecule has 2 atom stereocenters. The molecule has 0 aliphatic heterocycles. The van der Waals surface area contributed by atoms with E-state index in [0.29, 0.717) is 10.0 Å². The second kappa shape index (κ2) is 7.12. The number of halogens is 2. The first kappa shape index (κ1) is 15.4. The molecule has 0 amide bonds. The fourth-order valence-corrected chi connectivity index (χ4v) is 2.53. The Kier molecular flexibility index (Phi) is 5.47. The number of rotatable bonds is 5. The van der Waals surface area contributed by atoms with Crippen LogP contribution in [0.1, 0.15) is 30.6 Å². The summed E-state index contributed by atoms with van der Waals surface area (Å²) in [5, 5.41) is 11.4. The summed E-state index contributed by atoms with van der Waals surface area (Å²) in [7, 11) is 0. The zero-order valence-electron chi connectivity index (χ0n) is 11.4. The van der Waals surface area contributed by atoms with Crippen molar-refractivity contribution in [1.29, 1.82) is 0 Å². The van der Waals surface area contributed by atoms with Crippen LogP contribution in [0.3, 0.4) is 0 Å². The summed E-state index contributed by atoms with van der Waals surface area (Å²) in [6.45, 7) is 2.05. The molecule has 0 spiro atoms. The predicted molar refractivity (Wildman–Crippen MR) is 85.3 cm³/mol. The summed E-state index contributed by atoms with van der Waals surface area (Å²) in [6.07, 6.45) is 1.36. The number of aliphatic hydroxyl groups excluding tert-OH is 1. The Morgan fingerprint density at radius 1 is 1.00 bits per heavy atom. The Labute approximate surface area is 130 Å². The molecule has 0 saturated heterocycles. The van der Waals surface area contributed by atoms with Crippen LogP contribution in [-0.2, 0) is 6.42 Å². The van der Waals surface area contributed by atoms with Crippen molar-refractivity contribution in [1.82, 2.24) is 0 Å². The molecular weight excluding hydrogens is 291 g/mol. The Morgan fingerprint density at radius 2 is 1.70 bits per heavy atom. The van der Waals surface area contributed by atoms with E-state index in [1.54, 1.807) is 12.1 Å². The van der Waals surface area contributed by atoms with Crippen molar-refractivity contribution < 1.29 is 5.11 Å². The van der Waals surface area contributed by atoms with Crippen LogP contribution in [0.4, 0.5) is 0 Å². The topological polar surface area (TPSA) is 20.2 Å². The van der Waals surface area contributed by atoms with Crippen LogP contribution < -0.4 is 0 Å². The van der Waals surface area contributed by atoms with Crippen LogP contribution in [0.5, 0.6) is 0 Å². The third-order valence-corrected chi connectivity index (χ3v) is 4.29. The molecule has 106 valence electrons.